The number of para-hydroxylation sites is 2. The first-order chi connectivity index (χ1) is 9.66. The highest BCUT2D eigenvalue weighted by molar-refractivity contribution is 7.80. The fourth-order valence-electron chi connectivity index (χ4n) is 1.63. The van der Waals surface area contributed by atoms with Gasteiger partial charge in [-0.3, -0.25) is 10.1 Å². The van der Waals surface area contributed by atoms with Gasteiger partial charge in [0, 0.05) is 11.8 Å². The third-order valence-corrected chi connectivity index (χ3v) is 2.79. The molecule has 2 aromatic rings. The SMILES string of the molecule is O=[N+]([O-])c1ccccc1COC(=S)Nc1ccccc1. The van der Waals surface area contributed by atoms with Gasteiger partial charge < -0.3 is 10.1 Å². The van der Waals surface area contributed by atoms with Crippen LogP contribution in [-0.4, -0.2) is 10.1 Å². The second-order valence-corrected chi connectivity index (χ2v) is 4.32. The number of nitrogens with zero attached hydrogens (tertiary/aromatic N) is 1. The lowest BCUT2D eigenvalue weighted by Gasteiger charge is -2.09. The zero-order chi connectivity index (χ0) is 14.4. The summed E-state index contributed by atoms with van der Waals surface area (Å²) >= 11 is 5.04. The molecule has 0 saturated carbocycles. The van der Waals surface area contributed by atoms with Gasteiger partial charge in [0.1, 0.15) is 6.61 Å². The number of thiocarbonyl (C=S) groups is 1. The number of hydrogen-bond acceptors (Lipinski definition) is 4. The topological polar surface area (TPSA) is 64.4 Å². The molecule has 0 bridgehead atoms. The van der Waals surface area contributed by atoms with Crippen LogP contribution in [0.5, 0.6) is 0 Å². The van der Waals surface area contributed by atoms with Crippen LogP contribution in [0.15, 0.2) is 54.6 Å². The van der Waals surface area contributed by atoms with E-state index in [0.717, 1.165) is 5.69 Å². The Hall–Kier alpha value is -2.47. The maximum atomic E-state index is 10.9. The Labute approximate surface area is 121 Å². The first-order valence-electron chi connectivity index (χ1n) is 5.88. The van der Waals surface area contributed by atoms with Crippen LogP contribution in [0.4, 0.5) is 11.4 Å². The van der Waals surface area contributed by atoms with Crippen LogP contribution in [-0.2, 0) is 11.3 Å². The second-order valence-electron chi connectivity index (χ2n) is 3.95. The van der Waals surface area contributed by atoms with Crippen LogP contribution in [0.25, 0.3) is 0 Å². The van der Waals surface area contributed by atoms with E-state index in [9.17, 15) is 10.1 Å². The third kappa shape index (κ3) is 3.76. The van der Waals surface area contributed by atoms with Gasteiger partial charge in [0.05, 0.1) is 10.5 Å². The van der Waals surface area contributed by atoms with Crippen molar-refractivity contribution in [3.8, 4) is 0 Å². The minimum absolute atomic E-state index is 0.0232. The predicted molar refractivity (Wildman–Crippen MR) is 80.5 cm³/mol. The van der Waals surface area contributed by atoms with Gasteiger partial charge in [-0.05, 0) is 30.4 Å². The van der Waals surface area contributed by atoms with Gasteiger partial charge in [0.25, 0.3) is 10.9 Å². The van der Waals surface area contributed by atoms with Crippen molar-refractivity contribution in [3.05, 3.63) is 70.3 Å². The first kappa shape index (κ1) is 14.0. The molecule has 0 unspecified atom stereocenters. The smallest absolute Gasteiger partial charge is 0.276 e. The molecular weight excluding hydrogens is 276 g/mol. The molecule has 0 fully saturated rings. The summed E-state index contributed by atoms with van der Waals surface area (Å²) in [5.41, 5.74) is 1.31. The Balaban J connectivity index is 1.96. The molecule has 0 heterocycles. The number of benzene rings is 2. The molecule has 0 atom stereocenters. The van der Waals surface area contributed by atoms with Crippen molar-refractivity contribution in [1.82, 2.24) is 0 Å². The molecule has 0 aliphatic carbocycles. The Morgan fingerprint density at radius 2 is 1.80 bits per heavy atom. The van der Waals surface area contributed by atoms with Gasteiger partial charge in [-0.25, -0.2) is 0 Å². The molecule has 0 aliphatic heterocycles. The zero-order valence-electron chi connectivity index (χ0n) is 10.5. The number of nitro groups is 1. The molecule has 0 aliphatic rings. The number of hydrogen-bond donors (Lipinski definition) is 1. The van der Waals surface area contributed by atoms with E-state index in [1.165, 1.54) is 6.07 Å². The van der Waals surface area contributed by atoms with Gasteiger partial charge in [-0.1, -0.05) is 30.3 Å². The molecule has 0 amide bonds. The van der Waals surface area contributed by atoms with Crippen molar-refractivity contribution < 1.29 is 9.66 Å². The van der Waals surface area contributed by atoms with E-state index in [1.54, 1.807) is 18.2 Å². The molecule has 0 aromatic heterocycles. The average molecular weight is 288 g/mol. The second kappa shape index (κ2) is 6.63. The fraction of sp³-hybridized carbons (Fsp3) is 0.0714. The highest BCUT2D eigenvalue weighted by atomic mass is 32.1. The molecular formula is C14H12N2O3S. The summed E-state index contributed by atoms with van der Waals surface area (Å²) in [5.74, 6) is 0. The predicted octanol–water partition coefficient (Wildman–Crippen LogP) is 3.51. The number of ether oxygens (including phenoxy) is 1. The molecule has 1 N–H and O–H groups in total. The van der Waals surface area contributed by atoms with E-state index in [-0.39, 0.29) is 17.5 Å². The molecule has 102 valence electrons. The maximum Gasteiger partial charge on any atom is 0.276 e. The minimum Gasteiger partial charge on any atom is -0.466 e. The Morgan fingerprint density at radius 1 is 1.15 bits per heavy atom. The Morgan fingerprint density at radius 3 is 2.50 bits per heavy atom. The average Bonchev–Trinajstić information content (AvgIpc) is 2.46. The fourth-order valence-corrected chi connectivity index (χ4v) is 1.81. The summed E-state index contributed by atoms with van der Waals surface area (Å²) < 4.78 is 5.34. The third-order valence-electron chi connectivity index (χ3n) is 2.57. The molecule has 2 rings (SSSR count). The van der Waals surface area contributed by atoms with Gasteiger partial charge in [0.15, 0.2) is 0 Å². The largest absolute Gasteiger partial charge is 0.466 e. The lowest BCUT2D eigenvalue weighted by Crippen LogP contribution is -2.13. The number of nitrogens with one attached hydrogen (secondary N) is 1. The standard InChI is InChI=1S/C14H12N2O3S/c17-16(18)13-9-5-4-6-11(13)10-19-14(20)15-12-7-2-1-3-8-12/h1-9H,10H2,(H,15,20). The van der Waals surface area contributed by atoms with Gasteiger partial charge in [0.2, 0.25) is 0 Å². The van der Waals surface area contributed by atoms with E-state index in [4.69, 9.17) is 17.0 Å². The molecule has 0 spiro atoms. The highest BCUT2D eigenvalue weighted by Crippen LogP contribution is 2.18. The van der Waals surface area contributed by atoms with Gasteiger partial charge in [-0.15, -0.1) is 0 Å². The lowest BCUT2D eigenvalue weighted by atomic mass is 10.2. The number of nitro benzene ring substituents is 1. The highest BCUT2D eigenvalue weighted by Gasteiger charge is 2.13. The van der Waals surface area contributed by atoms with Crippen LogP contribution < -0.4 is 5.32 Å². The summed E-state index contributed by atoms with van der Waals surface area (Å²) in [5, 5.41) is 13.9. The maximum absolute atomic E-state index is 10.9. The monoisotopic (exact) mass is 288 g/mol. The normalized spacial score (nSPS) is 9.80. The first-order valence-corrected chi connectivity index (χ1v) is 6.29. The van der Waals surface area contributed by atoms with E-state index < -0.39 is 4.92 Å². The zero-order valence-corrected chi connectivity index (χ0v) is 11.3. The quantitative estimate of drug-likeness (QED) is 0.530. The summed E-state index contributed by atoms with van der Waals surface area (Å²) in [4.78, 5) is 10.4. The van der Waals surface area contributed by atoms with Crippen LogP contribution >= 0.6 is 12.2 Å². The molecule has 6 heteroatoms. The van der Waals surface area contributed by atoms with Crippen molar-refractivity contribution in [1.29, 1.82) is 0 Å². The van der Waals surface area contributed by atoms with Crippen molar-refractivity contribution in [2.24, 2.45) is 0 Å². The van der Waals surface area contributed by atoms with Gasteiger partial charge >= 0.3 is 0 Å². The van der Waals surface area contributed by atoms with Crippen molar-refractivity contribution in [3.63, 3.8) is 0 Å². The van der Waals surface area contributed by atoms with Gasteiger partial charge in [-0.2, -0.15) is 0 Å². The van der Waals surface area contributed by atoms with Crippen LogP contribution in [0.3, 0.4) is 0 Å². The lowest BCUT2D eigenvalue weighted by molar-refractivity contribution is -0.385. The van der Waals surface area contributed by atoms with Crippen molar-refractivity contribution in [2.75, 3.05) is 5.32 Å². The molecule has 5 nitrogen and oxygen atoms in total. The summed E-state index contributed by atoms with van der Waals surface area (Å²) in [6.45, 7) is 0.0514. The summed E-state index contributed by atoms with van der Waals surface area (Å²) in [6.07, 6.45) is 0. The van der Waals surface area contributed by atoms with Crippen molar-refractivity contribution in [2.45, 2.75) is 6.61 Å². The molecule has 20 heavy (non-hydrogen) atoms. The molecule has 2 aromatic carbocycles. The number of rotatable bonds is 4. The van der Waals surface area contributed by atoms with Crippen LogP contribution in [0.1, 0.15) is 5.56 Å². The van der Waals surface area contributed by atoms with Crippen LogP contribution in [0, 0.1) is 10.1 Å². The summed E-state index contributed by atoms with van der Waals surface area (Å²) in [6, 6.07) is 15.7. The van der Waals surface area contributed by atoms with E-state index >= 15 is 0 Å². The summed E-state index contributed by atoms with van der Waals surface area (Å²) in [7, 11) is 0. The Kier molecular flexibility index (Phi) is 4.62. The molecule has 0 saturated heterocycles. The van der Waals surface area contributed by atoms with E-state index in [0.29, 0.717) is 5.56 Å². The minimum atomic E-state index is -0.438. The van der Waals surface area contributed by atoms with E-state index in [1.807, 2.05) is 30.3 Å². The number of anilines is 1. The molecule has 0 radical (unpaired) electrons. The van der Waals surface area contributed by atoms with Crippen LogP contribution in [0.2, 0.25) is 0 Å². The Bertz CT molecular complexity index is 617. The van der Waals surface area contributed by atoms with E-state index in [2.05, 4.69) is 5.32 Å². The van der Waals surface area contributed by atoms with Crippen molar-refractivity contribution >= 4 is 28.8 Å².